The van der Waals surface area contributed by atoms with E-state index in [2.05, 4.69) is 10.6 Å². The van der Waals surface area contributed by atoms with Crippen LogP contribution >= 0.6 is 0 Å². The van der Waals surface area contributed by atoms with Crippen molar-refractivity contribution in [3.63, 3.8) is 0 Å². The largest absolute Gasteiger partial charge is 0.469 e. The predicted octanol–water partition coefficient (Wildman–Crippen LogP) is 1.95. The van der Waals surface area contributed by atoms with Gasteiger partial charge < -0.3 is 15.1 Å². The van der Waals surface area contributed by atoms with E-state index in [4.69, 9.17) is 4.42 Å². The highest BCUT2D eigenvalue weighted by molar-refractivity contribution is 5.89. The predicted molar refractivity (Wildman–Crippen MR) is 77.6 cm³/mol. The number of rotatable bonds is 5. The molecule has 2 aliphatic carbocycles. The van der Waals surface area contributed by atoms with Gasteiger partial charge in [0.25, 0.3) is 0 Å². The fraction of sp³-hybridized carbons (Fsp3) is 0.625. The number of furan rings is 1. The van der Waals surface area contributed by atoms with E-state index in [-0.39, 0.29) is 29.7 Å². The second-order valence-corrected chi connectivity index (χ2v) is 6.18. The summed E-state index contributed by atoms with van der Waals surface area (Å²) in [6, 6.07) is 3.54. The molecule has 21 heavy (non-hydrogen) atoms. The molecule has 0 spiro atoms. The van der Waals surface area contributed by atoms with E-state index in [1.807, 2.05) is 12.1 Å². The molecule has 1 heterocycles. The second-order valence-electron chi connectivity index (χ2n) is 6.18. The summed E-state index contributed by atoms with van der Waals surface area (Å²) in [5.74, 6) is 0.845. The molecule has 0 unspecified atom stereocenters. The van der Waals surface area contributed by atoms with Crippen LogP contribution in [0.2, 0.25) is 0 Å². The van der Waals surface area contributed by atoms with Crippen LogP contribution in [0.4, 0.5) is 0 Å². The van der Waals surface area contributed by atoms with E-state index in [9.17, 15) is 9.59 Å². The molecule has 0 aliphatic heterocycles. The van der Waals surface area contributed by atoms with Crippen molar-refractivity contribution in [3.05, 3.63) is 24.2 Å². The van der Waals surface area contributed by atoms with Crippen LogP contribution in [0.25, 0.3) is 0 Å². The van der Waals surface area contributed by atoms with Crippen molar-refractivity contribution in [3.8, 4) is 0 Å². The Bertz CT molecular complexity index is 506. The summed E-state index contributed by atoms with van der Waals surface area (Å²) >= 11 is 0. The summed E-state index contributed by atoms with van der Waals surface area (Å²) in [7, 11) is 0. The smallest absolute Gasteiger partial charge is 0.242 e. The van der Waals surface area contributed by atoms with E-state index in [1.165, 1.54) is 12.8 Å². The minimum absolute atomic E-state index is 0.0505. The molecule has 114 valence electrons. The van der Waals surface area contributed by atoms with E-state index in [1.54, 1.807) is 13.2 Å². The monoisotopic (exact) mass is 290 g/mol. The van der Waals surface area contributed by atoms with Crippen molar-refractivity contribution in [2.75, 3.05) is 0 Å². The van der Waals surface area contributed by atoms with E-state index < -0.39 is 6.04 Å². The molecule has 2 fully saturated rings. The van der Waals surface area contributed by atoms with Gasteiger partial charge in [-0.3, -0.25) is 9.59 Å². The molecule has 2 aliphatic rings. The van der Waals surface area contributed by atoms with Gasteiger partial charge in [-0.1, -0.05) is 12.8 Å². The normalized spacial score (nSPS) is 26.3. The Hall–Kier alpha value is -1.78. The summed E-state index contributed by atoms with van der Waals surface area (Å²) < 4.78 is 5.32. The molecule has 1 aromatic rings. The molecule has 0 radical (unpaired) electrons. The van der Waals surface area contributed by atoms with Crippen LogP contribution in [0.3, 0.4) is 0 Å². The molecule has 0 bridgehead atoms. The van der Waals surface area contributed by atoms with Gasteiger partial charge in [-0.05, 0) is 38.3 Å². The first-order valence-corrected chi connectivity index (χ1v) is 7.79. The molecule has 5 heteroatoms. The first-order chi connectivity index (χ1) is 10.1. The van der Waals surface area contributed by atoms with Crippen LogP contribution in [0.5, 0.6) is 0 Å². The number of amides is 2. The van der Waals surface area contributed by atoms with Crippen LogP contribution in [-0.2, 0) is 9.59 Å². The molecule has 5 nitrogen and oxygen atoms in total. The lowest BCUT2D eigenvalue weighted by Gasteiger charge is -2.17. The van der Waals surface area contributed by atoms with Gasteiger partial charge in [-0.15, -0.1) is 0 Å². The Morgan fingerprint density at radius 2 is 2.10 bits per heavy atom. The summed E-state index contributed by atoms with van der Waals surface area (Å²) in [4.78, 5) is 24.2. The molecular formula is C16H22N2O3. The Kier molecular flexibility index (Phi) is 3.99. The number of carbonyl (C=O) groups is 2. The molecule has 0 saturated heterocycles. The van der Waals surface area contributed by atoms with E-state index >= 15 is 0 Å². The van der Waals surface area contributed by atoms with Gasteiger partial charge in [0, 0.05) is 17.9 Å². The zero-order valence-electron chi connectivity index (χ0n) is 12.3. The van der Waals surface area contributed by atoms with E-state index in [0.717, 1.165) is 25.0 Å². The first kappa shape index (κ1) is 14.2. The van der Waals surface area contributed by atoms with Crippen molar-refractivity contribution < 1.29 is 14.0 Å². The van der Waals surface area contributed by atoms with Gasteiger partial charge in [-0.25, -0.2) is 0 Å². The lowest BCUT2D eigenvalue weighted by molar-refractivity contribution is -0.129. The third-order valence-corrected chi connectivity index (χ3v) is 4.49. The average molecular weight is 290 g/mol. The quantitative estimate of drug-likeness (QED) is 0.870. The lowest BCUT2D eigenvalue weighted by atomic mass is 10.2. The number of carbonyl (C=O) groups excluding carboxylic acids is 2. The number of hydrogen-bond acceptors (Lipinski definition) is 3. The van der Waals surface area contributed by atoms with Gasteiger partial charge in [-0.2, -0.15) is 0 Å². The summed E-state index contributed by atoms with van der Waals surface area (Å²) in [5.41, 5.74) is 0. The maximum absolute atomic E-state index is 12.1. The topological polar surface area (TPSA) is 71.3 Å². The van der Waals surface area contributed by atoms with Gasteiger partial charge in [0.1, 0.15) is 11.8 Å². The Balaban J connectivity index is 1.45. The summed E-state index contributed by atoms with van der Waals surface area (Å²) in [5, 5.41) is 5.82. The summed E-state index contributed by atoms with van der Waals surface area (Å²) in [6.45, 7) is 1.74. The van der Waals surface area contributed by atoms with Crippen molar-refractivity contribution in [2.45, 2.75) is 57.0 Å². The van der Waals surface area contributed by atoms with Gasteiger partial charge in [0.05, 0.1) is 6.26 Å². The first-order valence-electron chi connectivity index (χ1n) is 7.79. The van der Waals surface area contributed by atoms with Crippen molar-refractivity contribution in [1.82, 2.24) is 10.6 Å². The molecule has 2 N–H and O–H groups in total. The zero-order chi connectivity index (χ0) is 14.8. The number of nitrogens with one attached hydrogen (secondary N) is 2. The Morgan fingerprint density at radius 3 is 2.76 bits per heavy atom. The van der Waals surface area contributed by atoms with Crippen LogP contribution in [0.15, 0.2) is 22.8 Å². The highest BCUT2D eigenvalue weighted by Crippen LogP contribution is 2.47. The minimum Gasteiger partial charge on any atom is -0.469 e. The SMILES string of the molecule is C[C@H](NC(=O)[C@H]1C[C@@H]1c1ccco1)C(=O)NC1CCCC1. The molecule has 3 rings (SSSR count). The van der Waals surface area contributed by atoms with Crippen molar-refractivity contribution >= 4 is 11.8 Å². The number of hydrogen-bond donors (Lipinski definition) is 2. The fourth-order valence-electron chi connectivity index (χ4n) is 3.08. The molecule has 1 aromatic heterocycles. The lowest BCUT2D eigenvalue weighted by Crippen LogP contribution is -2.48. The maximum atomic E-state index is 12.1. The van der Waals surface area contributed by atoms with Crippen molar-refractivity contribution in [1.29, 1.82) is 0 Å². The maximum Gasteiger partial charge on any atom is 0.242 e. The van der Waals surface area contributed by atoms with Crippen LogP contribution < -0.4 is 10.6 Å². The Labute approximate surface area is 124 Å². The summed E-state index contributed by atoms with van der Waals surface area (Å²) in [6.07, 6.45) is 6.89. The molecular weight excluding hydrogens is 268 g/mol. The molecule has 3 atom stereocenters. The molecule has 2 saturated carbocycles. The standard InChI is InChI=1S/C16H22N2O3/c1-10(15(19)18-11-5-2-3-6-11)17-16(20)13-9-12(13)14-7-4-8-21-14/h4,7-8,10-13H,2-3,5-6,9H2,1H3,(H,17,20)(H,18,19)/t10-,12-,13-/m0/s1. The van der Waals surface area contributed by atoms with Crippen LogP contribution in [0, 0.1) is 5.92 Å². The van der Waals surface area contributed by atoms with Crippen molar-refractivity contribution in [2.24, 2.45) is 5.92 Å². The minimum atomic E-state index is -0.476. The van der Waals surface area contributed by atoms with Crippen LogP contribution in [0.1, 0.15) is 50.7 Å². The van der Waals surface area contributed by atoms with E-state index in [0.29, 0.717) is 0 Å². The Morgan fingerprint density at radius 1 is 1.33 bits per heavy atom. The molecule has 2 amide bonds. The highest BCUT2D eigenvalue weighted by Gasteiger charge is 2.46. The second kappa shape index (κ2) is 5.92. The van der Waals surface area contributed by atoms with Gasteiger partial charge >= 0.3 is 0 Å². The average Bonchev–Trinajstić information content (AvgIpc) is 2.89. The van der Waals surface area contributed by atoms with Crippen LogP contribution in [-0.4, -0.2) is 23.9 Å². The highest BCUT2D eigenvalue weighted by atomic mass is 16.3. The van der Waals surface area contributed by atoms with Gasteiger partial charge in [0.2, 0.25) is 11.8 Å². The third-order valence-electron chi connectivity index (χ3n) is 4.49. The zero-order valence-corrected chi connectivity index (χ0v) is 12.3. The molecule has 0 aromatic carbocycles. The fourth-order valence-corrected chi connectivity index (χ4v) is 3.08. The third kappa shape index (κ3) is 3.28. The van der Waals surface area contributed by atoms with Gasteiger partial charge in [0.15, 0.2) is 0 Å².